The molecule has 0 spiro atoms. The van der Waals surface area contributed by atoms with E-state index < -0.39 is 0 Å². The zero-order chi connectivity index (χ0) is 11.8. The summed E-state index contributed by atoms with van der Waals surface area (Å²) in [6.45, 7) is 3.44. The molecule has 0 radical (unpaired) electrons. The molecule has 0 amide bonds. The minimum Gasteiger partial charge on any atom is -0.494 e. The van der Waals surface area contributed by atoms with Gasteiger partial charge in [0.25, 0.3) is 0 Å². The maximum atomic E-state index is 5.73. The van der Waals surface area contributed by atoms with E-state index in [-0.39, 0.29) is 6.04 Å². The number of rotatable bonds is 7. The van der Waals surface area contributed by atoms with Crippen LogP contribution in [0.4, 0.5) is 0 Å². The highest BCUT2D eigenvalue weighted by molar-refractivity contribution is 5.27. The maximum absolute atomic E-state index is 5.73. The average Bonchev–Trinajstić information content (AvgIpc) is 2.26. The van der Waals surface area contributed by atoms with Crippen LogP contribution in [0.25, 0.3) is 0 Å². The van der Waals surface area contributed by atoms with Crippen molar-refractivity contribution in [3.05, 3.63) is 29.8 Å². The van der Waals surface area contributed by atoms with E-state index in [1.165, 1.54) is 5.56 Å². The van der Waals surface area contributed by atoms with Gasteiger partial charge < -0.3 is 15.2 Å². The molecule has 0 heterocycles. The molecule has 2 N–H and O–H groups in total. The summed E-state index contributed by atoms with van der Waals surface area (Å²) in [5.74, 6) is 0.907. The molecule has 1 rings (SSSR count). The fourth-order valence-corrected chi connectivity index (χ4v) is 1.49. The summed E-state index contributed by atoms with van der Waals surface area (Å²) in [6, 6.07) is 8.31. The standard InChI is InChI=1S/C13H21NO2/c1-11(14)10-12-4-6-13(7-5-12)16-9-3-8-15-2/h4-7,11H,3,8-10,14H2,1-2H3. The number of benzene rings is 1. The topological polar surface area (TPSA) is 44.5 Å². The second kappa shape index (κ2) is 7.25. The van der Waals surface area contributed by atoms with Crippen LogP contribution in [0.5, 0.6) is 5.75 Å². The van der Waals surface area contributed by atoms with Gasteiger partial charge in [-0.15, -0.1) is 0 Å². The van der Waals surface area contributed by atoms with Crippen molar-refractivity contribution in [2.45, 2.75) is 25.8 Å². The molecule has 0 saturated heterocycles. The van der Waals surface area contributed by atoms with Gasteiger partial charge >= 0.3 is 0 Å². The van der Waals surface area contributed by atoms with Gasteiger partial charge in [0.2, 0.25) is 0 Å². The molecule has 0 aliphatic rings. The van der Waals surface area contributed by atoms with Gasteiger partial charge in [0, 0.05) is 26.2 Å². The molecule has 3 nitrogen and oxygen atoms in total. The van der Waals surface area contributed by atoms with Crippen molar-refractivity contribution in [3.63, 3.8) is 0 Å². The summed E-state index contributed by atoms with van der Waals surface area (Å²) < 4.78 is 10.5. The predicted molar refractivity (Wildman–Crippen MR) is 65.8 cm³/mol. The highest BCUT2D eigenvalue weighted by atomic mass is 16.5. The van der Waals surface area contributed by atoms with Crippen molar-refractivity contribution in [2.24, 2.45) is 5.73 Å². The van der Waals surface area contributed by atoms with Crippen molar-refractivity contribution in [2.75, 3.05) is 20.3 Å². The van der Waals surface area contributed by atoms with E-state index >= 15 is 0 Å². The van der Waals surface area contributed by atoms with Crippen molar-refractivity contribution < 1.29 is 9.47 Å². The van der Waals surface area contributed by atoms with Gasteiger partial charge in [0.15, 0.2) is 0 Å². The minimum atomic E-state index is 0.202. The van der Waals surface area contributed by atoms with Gasteiger partial charge in [-0.25, -0.2) is 0 Å². The lowest BCUT2D eigenvalue weighted by Crippen LogP contribution is -2.17. The summed E-state index contributed by atoms with van der Waals surface area (Å²) in [5.41, 5.74) is 6.98. The Morgan fingerprint density at radius 3 is 2.44 bits per heavy atom. The first kappa shape index (κ1) is 13.0. The van der Waals surface area contributed by atoms with Crippen molar-refractivity contribution >= 4 is 0 Å². The molecule has 16 heavy (non-hydrogen) atoms. The molecule has 0 aliphatic heterocycles. The van der Waals surface area contributed by atoms with Gasteiger partial charge in [0.05, 0.1) is 6.61 Å². The van der Waals surface area contributed by atoms with Crippen LogP contribution in [0, 0.1) is 0 Å². The zero-order valence-corrected chi connectivity index (χ0v) is 10.1. The Bertz CT molecular complexity index is 282. The van der Waals surface area contributed by atoms with Crippen molar-refractivity contribution in [1.82, 2.24) is 0 Å². The summed E-state index contributed by atoms with van der Waals surface area (Å²) in [4.78, 5) is 0. The zero-order valence-electron chi connectivity index (χ0n) is 10.1. The van der Waals surface area contributed by atoms with E-state index in [0.717, 1.165) is 25.2 Å². The Labute approximate surface area is 97.6 Å². The molecular formula is C13H21NO2. The van der Waals surface area contributed by atoms with Crippen LogP contribution in [0.3, 0.4) is 0 Å². The molecule has 0 bridgehead atoms. The molecule has 90 valence electrons. The second-order valence-corrected chi connectivity index (χ2v) is 4.02. The van der Waals surface area contributed by atoms with E-state index in [4.69, 9.17) is 15.2 Å². The molecule has 1 unspecified atom stereocenters. The van der Waals surface area contributed by atoms with Crippen LogP contribution < -0.4 is 10.5 Å². The van der Waals surface area contributed by atoms with Crippen LogP contribution in [0.1, 0.15) is 18.9 Å². The normalized spacial score (nSPS) is 12.4. The smallest absolute Gasteiger partial charge is 0.119 e. The number of hydrogen-bond donors (Lipinski definition) is 1. The van der Waals surface area contributed by atoms with Crippen LogP contribution in [0.2, 0.25) is 0 Å². The molecular weight excluding hydrogens is 202 g/mol. The van der Waals surface area contributed by atoms with Gasteiger partial charge in [-0.05, 0) is 31.0 Å². The first-order valence-electron chi connectivity index (χ1n) is 5.68. The summed E-state index contributed by atoms with van der Waals surface area (Å²) in [7, 11) is 1.70. The molecule has 3 heteroatoms. The predicted octanol–water partition coefficient (Wildman–Crippen LogP) is 1.99. The lowest BCUT2D eigenvalue weighted by molar-refractivity contribution is 0.172. The first-order valence-corrected chi connectivity index (χ1v) is 5.68. The number of hydrogen-bond acceptors (Lipinski definition) is 3. The number of nitrogens with two attached hydrogens (primary N) is 1. The van der Waals surface area contributed by atoms with Crippen molar-refractivity contribution in [3.8, 4) is 5.75 Å². The SMILES string of the molecule is COCCCOc1ccc(CC(C)N)cc1. The van der Waals surface area contributed by atoms with Crippen LogP contribution in [-0.4, -0.2) is 26.4 Å². The van der Waals surface area contributed by atoms with E-state index in [9.17, 15) is 0 Å². The van der Waals surface area contributed by atoms with Gasteiger partial charge in [0.1, 0.15) is 5.75 Å². The van der Waals surface area contributed by atoms with Crippen LogP contribution in [-0.2, 0) is 11.2 Å². The summed E-state index contributed by atoms with van der Waals surface area (Å²) in [6.07, 6.45) is 1.82. The third-order valence-corrected chi connectivity index (χ3v) is 2.24. The number of methoxy groups -OCH3 is 1. The Morgan fingerprint density at radius 1 is 1.19 bits per heavy atom. The Kier molecular flexibility index (Phi) is 5.90. The number of ether oxygens (including phenoxy) is 2. The molecule has 1 aromatic carbocycles. The Balaban J connectivity index is 2.33. The van der Waals surface area contributed by atoms with E-state index in [1.807, 2.05) is 19.1 Å². The van der Waals surface area contributed by atoms with Gasteiger partial charge in [-0.1, -0.05) is 12.1 Å². The molecule has 0 fully saturated rings. The largest absolute Gasteiger partial charge is 0.494 e. The minimum absolute atomic E-state index is 0.202. The molecule has 0 aliphatic carbocycles. The quantitative estimate of drug-likeness (QED) is 0.719. The third-order valence-electron chi connectivity index (χ3n) is 2.24. The highest BCUT2D eigenvalue weighted by Gasteiger charge is 1.98. The van der Waals surface area contributed by atoms with Crippen LogP contribution in [0.15, 0.2) is 24.3 Å². The fraction of sp³-hybridized carbons (Fsp3) is 0.538. The lowest BCUT2D eigenvalue weighted by atomic mass is 10.1. The van der Waals surface area contributed by atoms with E-state index in [2.05, 4.69) is 12.1 Å². The molecule has 0 saturated carbocycles. The van der Waals surface area contributed by atoms with E-state index in [1.54, 1.807) is 7.11 Å². The lowest BCUT2D eigenvalue weighted by Gasteiger charge is -2.08. The highest BCUT2D eigenvalue weighted by Crippen LogP contribution is 2.13. The molecule has 1 atom stereocenters. The van der Waals surface area contributed by atoms with Crippen molar-refractivity contribution in [1.29, 1.82) is 0 Å². The fourth-order valence-electron chi connectivity index (χ4n) is 1.49. The monoisotopic (exact) mass is 223 g/mol. The first-order chi connectivity index (χ1) is 7.72. The Hall–Kier alpha value is -1.06. The maximum Gasteiger partial charge on any atom is 0.119 e. The average molecular weight is 223 g/mol. The second-order valence-electron chi connectivity index (χ2n) is 4.02. The van der Waals surface area contributed by atoms with Crippen LogP contribution >= 0.6 is 0 Å². The summed E-state index contributed by atoms with van der Waals surface area (Å²) in [5, 5.41) is 0. The third kappa shape index (κ3) is 5.14. The molecule has 0 aromatic heterocycles. The van der Waals surface area contributed by atoms with Gasteiger partial charge in [-0.3, -0.25) is 0 Å². The summed E-state index contributed by atoms with van der Waals surface area (Å²) >= 11 is 0. The Morgan fingerprint density at radius 2 is 1.88 bits per heavy atom. The van der Waals surface area contributed by atoms with Gasteiger partial charge in [-0.2, -0.15) is 0 Å². The molecule has 1 aromatic rings. The van der Waals surface area contributed by atoms with E-state index in [0.29, 0.717) is 6.61 Å².